The molecule has 4 aliphatic rings. The minimum absolute atomic E-state index is 0.0476. The Hall–Kier alpha value is -1.64. The van der Waals surface area contributed by atoms with Crippen LogP contribution in [0.15, 0.2) is 11.6 Å². The second-order valence-corrected chi connectivity index (χ2v) is 10.4. The van der Waals surface area contributed by atoms with Gasteiger partial charge in [-0.05, 0) is 60.5 Å². The van der Waals surface area contributed by atoms with Gasteiger partial charge in [-0.25, -0.2) is 4.39 Å². The summed E-state index contributed by atoms with van der Waals surface area (Å²) in [7, 11) is 0. The normalized spacial score (nSPS) is 48.9. The van der Waals surface area contributed by atoms with Gasteiger partial charge in [0, 0.05) is 18.8 Å². The number of rotatable bonds is 3. The molecule has 0 aromatic carbocycles. The van der Waals surface area contributed by atoms with E-state index in [2.05, 4.69) is 0 Å². The van der Waals surface area contributed by atoms with Gasteiger partial charge in [0.2, 0.25) is 5.78 Å². The molecular formula is C23H31FO7. The number of aliphatic hydroxyl groups excluding tert-OH is 2. The van der Waals surface area contributed by atoms with Crippen molar-refractivity contribution in [3.8, 4) is 0 Å². The lowest BCUT2D eigenvalue weighted by atomic mass is 9.45. The number of alkyl halides is 1. The van der Waals surface area contributed by atoms with Gasteiger partial charge in [0.25, 0.3) is 0 Å². The second-order valence-electron chi connectivity index (χ2n) is 10.4. The van der Waals surface area contributed by atoms with Crippen molar-refractivity contribution >= 4 is 17.5 Å². The Morgan fingerprint density at radius 1 is 1.26 bits per heavy atom. The molecule has 3 saturated carbocycles. The van der Waals surface area contributed by atoms with Gasteiger partial charge in [0.1, 0.15) is 6.17 Å². The predicted molar refractivity (Wildman–Crippen MR) is 106 cm³/mol. The van der Waals surface area contributed by atoms with Crippen LogP contribution in [0, 0.1) is 28.6 Å². The number of allylic oxidation sites excluding steroid dienone is 1. The zero-order valence-corrected chi connectivity index (χ0v) is 18.1. The van der Waals surface area contributed by atoms with E-state index in [0.29, 0.717) is 12.0 Å². The minimum atomic E-state index is -2.20. The number of aliphatic hydroxyl groups is 3. The van der Waals surface area contributed by atoms with Gasteiger partial charge in [0.05, 0.1) is 12.2 Å². The summed E-state index contributed by atoms with van der Waals surface area (Å²) in [5.74, 6) is -2.71. The van der Waals surface area contributed by atoms with E-state index in [9.17, 15) is 29.7 Å². The molecule has 0 amide bonds. The van der Waals surface area contributed by atoms with Crippen molar-refractivity contribution in [2.45, 2.75) is 76.9 Å². The summed E-state index contributed by atoms with van der Waals surface area (Å²) in [6, 6.07) is 0. The number of Topliss-reactive ketones (excluding diaryl/α,β-unsaturated/α-hetero) is 1. The summed E-state index contributed by atoms with van der Waals surface area (Å²) in [6.45, 7) is 4.02. The number of hydrogen-bond acceptors (Lipinski definition) is 7. The lowest BCUT2D eigenvalue weighted by Gasteiger charge is -2.60. The highest BCUT2D eigenvalue weighted by Gasteiger charge is 2.72. The number of esters is 1. The molecule has 0 saturated heterocycles. The maximum Gasteiger partial charge on any atom is 0.303 e. The zero-order chi connectivity index (χ0) is 22.9. The summed E-state index contributed by atoms with van der Waals surface area (Å²) < 4.78 is 20.1. The van der Waals surface area contributed by atoms with Crippen LogP contribution in [-0.4, -0.2) is 63.4 Å². The van der Waals surface area contributed by atoms with Crippen LogP contribution in [0.4, 0.5) is 4.39 Å². The Balaban J connectivity index is 1.73. The van der Waals surface area contributed by atoms with Crippen LogP contribution in [-0.2, 0) is 19.1 Å². The van der Waals surface area contributed by atoms with Gasteiger partial charge in [-0.15, -0.1) is 0 Å². The average Bonchev–Trinajstić information content (AvgIpc) is 2.88. The molecule has 8 heteroatoms. The smallest absolute Gasteiger partial charge is 0.303 e. The fourth-order valence-electron chi connectivity index (χ4n) is 7.49. The van der Waals surface area contributed by atoms with Crippen LogP contribution >= 0.6 is 0 Å². The van der Waals surface area contributed by atoms with Gasteiger partial charge in [0.15, 0.2) is 18.0 Å². The summed E-state index contributed by atoms with van der Waals surface area (Å²) in [5.41, 5.74) is -3.66. The summed E-state index contributed by atoms with van der Waals surface area (Å²) in [4.78, 5) is 36.0. The van der Waals surface area contributed by atoms with Crippen molar-refractivity contribution in [1.82, 2.24) is 0 Å². The predicted octanol–water partition coefficient (Wildman–Crippen LogP) is 1.27. The van der Waals surface area contributed by atoms with Crippen LogP contribution in [0.5, 0.6) is 0 Å². The number of halogens is 1. The Labute approximate surface area is 180 Å². The Morgan fingerprint density at radius 3 is 2.58 bits per heavy atom. The molecule has 0 spiro atoms. The van der Waals surface area contributed by atoms with E-state index in [0.717, 1.165) is 6.92 Å². The van der Waals surface area contributed by atoms with E-state index in [1.165, 1.54) is 6.08 Å². The largest absolute Gasteiger partial charge is 0.458 e. The topological polar surface area (TPSA) is 121 Å². The molecule has 9 atom stereocenters. The number of ether oxygens (including phenoxy) is 1. The number of ketones is 2. The molecule has 0 bridgehead atoms. The van der Waals surface area contributed by atoms with Crippen molar-refractivity contribution < 1.29 is 38.8 Å². The maximum atomic E-state index is 15.3. The first kappa shape index (κ1) is 22.6. The lowest BCUT2D eigenvalue weighted by molar-refractivity contribution is -0.196. The van der Waals surface area contributed by atoms with Crippen molar-refractivity contribution in [2.75, 3.05) is 6.61 Å². The second kappa shape index (κ2) is 7.18. The fourth-order valence-corrected chi connectivity index (χ4v) is 7.49. The molecule has 3 fully saturated rings. The van der Waals surface area contributed by atoms with Gasteiger partial charge >= 0.3 is 5.97 Å². The first-order valence-electron chi connectivity index (χ1n) is 11.0. The van der Waals surface area contributed by atoms with Crippen molar-refractivity contribution in [3.63, 3.8) is 0 Å². The highest BCUT2D eigenvalue weighted by Crippen LogP contribution is 2.67. The van der Waals surface area contributed by atoms with E-state index in [1.54, 1.807) is 6.92 Å². The SMILES string of the molecule is CC(=O)OCC(=O)[C@@]1(O)[C@H](O)C[C@H]2[C@@H]3C[C@H](F)C4=CC(=O)CC[C@]4(C)[C@H]3[C@@H](O)C[C@@]21C. The third kappa shape index (κ3) is 2.98. The third-order valence-electron chi connectivity index (χ3n) is 8.92. The van der Waals surface area contributed by atoms with E-state index >= 15 is 4.39 Å². The van der Waals surface area contributed by atoms with Crippen LogP contribution < -0.4 is 0 Å². The molecule has 172 valence electrons. The summed E-state index contributed by atoms with van der Waals surface area (Å²) >= 11 is 0. The summed E-state index contributed by atoms with van der Waals surface area (Å²) in [5, 5.41) is 33.5. The molecule has 7 nitrogen and oxygen atoms in total. The molecule has 0 heterocycles. The first-order valence-corrected chi connectivity index (χ1v) is 11.0. The van der Waals surface area contributed by atoms with Crippen molar-refractivity contribution in [3.05, 3.63) is 11.6 Å². The molecule has 0 aromatic rings. The van der Waals surface area contributed by atoms with E-state index in [4.69, 9.17) is 4.74 Å². The van der Waals surface area contributed by atoms with E-state index < -0.39 is 59.1 Å². The highest BCUT2D eigenvalue weighted by atomic mass is 19.1. The zero-order valence-electron chi connectivity index (χ0n) is 18.1. The van der Waals surface area contributed by atoms with Gasteiger partial charge in [-0.2, -0.15) is 0 Å². The van der Waals surface area contributed by atoms with Crippen LogP contribution in [0.1, 0.15) is 52.9 Å². The molecule has 4 aliphatic carbocycles. The molecule has 3 N–H and O–H groups in total. The molecular weight excluding hydrogens is 407 g/mol. The van der Waals surface area contributed by atoms with Crippen LogP contribution in [0.2, 0.25) is 0 Å². The van der Waals surface area contributed by atoms with Gasteiger partial charge in [-0.1, -0.05) is 13.8 Å². The number of hydrogen-bond donors (Lipinski definition) is 3. The number of fused-ring (bicyclic) bond motifs is 5. The third-order valence-corrected chi connectivity index (χ3v) is 8.92. The monoisotopic (exact) mass is 438 g/mol. The standard InChI is InChI=1S/C23H31FO7/c1-11(25)31-10-19(29)23(30)18(28)8-14-13-7-16(24)15-6-12(26)4-5-21(15,2)20(13)17(27)9-22(14,23)3/h6,13-14,16-18,20,27-28,30H,4-5,7-10H2,1-3H3/t13-,14-,16-,17-,18+,20+,21-,22-,23-/m0/s1. The van der Waals surface area contributed by atoms with Gasteiger partial charge in [-0.3, -0.25) is 14.4 Å². The molecule has 0 unspecified atom stereocenters. The molecule has 0 radical (unpaired) electrons. The van der Waals surface area contributed by atoms with Gasteiger partial charge < -0.3 is 20.1 Å². The van der Waals surface area contributed by atoms with E-state index in [1.807, 2.05) is 6.92 Å². The minimum Gasteiger partial charge on any atom is -0.458 e. The number of carbonyl (C=O) groups is 3. The van der Waals surface area contributed by atoms with Crippen molar-refractivity contribution in [2.24, 2.45) is 28.6 Å². The van der Waals surface area contributed by atoms with Crippen LogP contribution in [0.25, 0.3) is 0 Å². The highest BCUT2D eigenvalue weighted by molar-refractivity contribution is 5.92. The Morgan fingerprint density at radius 2 is 1.94 bits per heavy atom. The van der Waals surface area contributed by atoms with E-state index in [-0.39, 0.29) is 43.3 Å². The number of carbonyl (C=O) groups excluding carboxylic acids is 3. The molecule has 0 aliphatic heterocycles. The Bertz CT molecular complexity index is 855. The Kier molecular flexibility index (Phi) is 5.23. The molecule has 31 heavy (non-hydrogen) atoms. The summed E-state index contributed by atoms with van der Waals surface area (Å²) in [6.07, 6.45) is -1.38. The average molecular weight is 438 g/mol. The lowest BCUT2D eigenvalue weighted by Crippen LogP contribution is -2.64. The molecule has 4 rings (SSSR count). The molecule has 0 aromatic heterocycles. The maximum absolute atomic E-state index is 15.3. The van der Waals surface area contributed by atoms with Crippen molar-refractivity contribution in [1.29, 1.82) is 0 Å². The first-order chi connectivity index (χ1) is 14.4. The quantitative estimate of drug-likeness (QED) is 0.568. The fraction of sp³-hybridized carbons (Fsp3) is 0.783. The van der Waals surface area contributed by atoms with Crippen LogP contribution in [0.3, 0.4) is 0 Å².